The van der Waals surface area contributed by atoms with E-state index in [2.05, 4.69) is 0 Å². The Bertz CT molecular complexity index is 704. The predicted molar refractivity (Wildman–Crippen MR) is 91.6 cm³/mol. The van der Waals surface area contributed by atoms with Gasteiger partial charge < -0.3 is 19.3 Å². The number of ketones is 1. The fourth-order valence-corrected chi connectivity index (χ4v) is 1.98. The molecular formula is C19H20O5. The lowest BCUT2D eigenvalue weighted by Gasteiger charge is -2.05. The minimum atomic E-state index is -0.285. The zero-order valence-corrected chi connectivity index (χ0v) is 13.7. The van der Waals surface area contributed by atoms with Gasteiger partial charge in [-0.05, 0) is 42.8 Å². The minimum Gasteiger partial charge on any atom is -0.507 e. The fraction of sp³-hybridized carbons (Fsp3) is 0.211. The summed E-state index contributed by atoms with van der Waals surface area (Å²) in [4.78, 5) is 12.2. The Balaban J connectivity index is 2.01. The van der Waals surface area contributed by atoms with Crippen molar-refractivity contribution in [3.8, 4) is 17.2 Å². The van der Waals surface area contributed by atoms with Crippen molar-refractivity contribution < 1.29 is 24.1 Å². The van der Waals surface area contributed by atoms with E-state index in [0.717, 1.165) is 5.56 Å². The smallest absolute Gasteiger partial charge is 0.189 e. The van der Waals surface area contributed by atoms with Crippen molar-refractivity contribution in [2.75, 3.05) is 20.5 Å². The lowest BCUT2D eigenvalue weighted by Crippen LogP contribution is -2.01. The normalized spacial score (nSPS) is 10.8. The van der Waals surface area contributed by atoms with Crippen LogP contribution in [0.25, 0.3) is 6.08 Å². The molecule has 1 N–H and O–H groups in total. The summed E-state index contributed by atoms with van der Waals surface area (Å²) in [5, 5.41) is 9.87. The molecule has 0 aromatic heterocycles. The molecule has 24 heavy (non-hydrogen) atoms. The number of phenolic OH excluding ortho intramolecular Hbond substituents is 1. The van der Waals surface area contributed by atoms with Crippen LogP contribution in [0.5, 0.6) is 17.2 Å². The van der Waals surface area contributed by atoms with E-state index in [4.69, 9.17) is 14.2 Å². The summed E-state index contributed by atoms with van der Waals surface area (Å²) in [6, 6.07) is 11.8. The second kappa shape index (κ2) is 8.74. The molecule has 0 atom stereocenters. The quantitative estimate of drug-likeness (QED) is 0.347. The van der Waals surface area contributed by atoms with Gasteiger partial charge in [0.2, 0.25) is 0 Å². The number of aromatic hydroxyl groups is 1. The van der Waals surface area contributed by atoms with E-state index >= 15 is 0 Å². The lowest BCUT2D eigenvalue weighted by atomic mass is 10.1. The number of hydrogen-bond acceptors (Lipinski definition) is 5. The molecule has 0 bridgehead atoms. The summed E-state index contributed by atoms with van der Waals surface area (Å²) in [6.45, 7) is 2.71. The van der Waals surface area contributed by atoms with Crippen LogP contribution in [0.15, 0.2) is 48.5 Å². The molecule has 0 spiro atoms. The number of methoxy groups -OCH3 is 1. The number of phenols is 1. The molecule has 0 saturated heterocycles. The molecule has 0 saturated carbocycles. The van der Waals surface area contributed by atoms with Gasteiger partial charge in [-0.2, -0.15) is 0 Å². The monoisotopic (exact) mass is 328 g/mol. The summed E-state index contributed by atoms with van der Waals surface area (Å²) in [6.07, 6.45) is 3.09. The maximum atomic E-state index is 12.2. The number of hydrogen-bond donors (Lipinski definition) is 1. The van der Waals surface area contributed by atoms with Crippen molar-refractivity contribution in [2.45, 2.75) is 6.92 Å². The summed E-state index contributed by atoms with van der Waals surface area (Å²) >= 11 is 0. The summed E-state index contributed by atoms with van der Waals surface area (Å²) in [7, 11) is 1.50. The number of rotatable bonds is 8. The van der Waals surface area contributed by atoms with Gasteiger partial charge in [-0.25, -0.2) is 0 Å². The van der Waals surface area contributed by atoms with Gasteiger partial charge in [0.1, 0.15) is 17.2 Å². The second-order valence-corrected chi connectivity index (χ2v) is 4.90. The van der Waals surface area contributed by atoms with Crippen LogP contribution in [0, 0.1) is 0 Å². The van der Waals surface area contributed by atoms with E-state index in [1.165, 1.54) is 25.3 Å². The van der Waals surface area contributed by atoms with Gasteiger partial charge >= 0.3 is 0 Å². The SMILES string of the molecule is CCOCOc1ccc(/C=C/C(=O)c2ccc(OC)cc2O)cc1. The van der Waals surface area contributed by atoms with E-state index in [0.29, 0.717) is 18.1 Å². The molecule has 2 aromatic rings. The highest BCUT2D eigenvalue weighted by Crippen LogP contribution is 2.24. The van der Waals surface area contributed by atoms with Crippen molar-refractivity contribution in [1.29, 1.82) is 0 Å². The van der Waals surface area contributed by atoms with Crippen molar-refractivity contribution in [3.05, 3.63) is 59.7 Å². The maximum Gasteiger partial charge on any atom is 0.189 e. The predicted octanol–water partition coefficient (Wildman–Crippen LogP) is 3.67. The van der Waals surface area contributed by atoms with Crippen LogP contribution in [0.4, 0.5) is 0 Å². The first kappa shape index (κ1) is 17.6. The highest BCUT2D eigenvalue weighted by atomic mass is 16.7. The van der Waals surface area contributed by atoms with Crippen LogP contribution in [0.3, 0.4) is 0 Å². The van der Waals surface area contributed by atoms with Crippen molar-refractivity contribution in [1.82, 2.24) is 0 Å². The Labute approximate surface area is 141 Å². The molecule has 126 valence electrons. The van der Waals surface area contributed by atoms with Crippen LogP contribution in [-0.2, 0) is 4.74 Å². The maximum absolute atomic E-state index is 12.2. The average molecular weight is 328 g/mol. The van der Waals surface area contributed by atoms with Crippen LogP contribution in [0.1, 0.15) is 22.8 Å². The third-order valence-corrected chi connectivity index (χ3v) is 3.29. The number of carbonyl (C=O) groups is 1. The fourth-order valence-electron chi connectivity index (χ4n) is 1.98. The van der Waals surface area contributed by atoms with E-state index < -0.39 is 0 Å². The van der Waals surface area contributed by atoms with Gasteiger partial charge in [-0.1, -0.05) is 18.2 Å². The van der Waals surface area contributed by atoms with Crippen LogP contribution in [-0.4, -0.2) is 31.4 Å². The molecule has 2 rings (SSSR count). The molecule has 0 aliphatic carbocycles. The molecule has 0 fully saturated rings. The molecule has 0 radical (unpaired) electrons. The van der Waals surface area contributed by atoms with Gasteiger partial charge in [-0.3, -0.25) is 4.79 Å². The molecule has 0 amide bonds. The largest absolute Gasteiger partial charge is 0.507 e. The van der Waals surface area contributed by atoms with Gasteiger partial charge in [-0.15, -0.1) is 0 Å². The minimum absolute atomic E-state index is 0.108. The second-order valence-electron chi connectivity index (χ2n) is 4.90. The van der Waals surface area contributed by atoms with Crippen LogP contribution in [0.2, 0.25) is 0 Å². The topological polar surface area (TPSA) is 65.0 Å². The summed E-state index contributed by atoms with van der Waals surface area (Å²) in [5.74, 6) is 0.797. The number of benzene rings is 2. The molecule has 0 heterocycles. The van der Waals surface area contributed by atoms with Gasteiger partial charge in [0, 0.05) is 12.7 Å². The molecule has 0 unspecified atom stereocenters. The van der Waals surface area contributed by atoms with E-state index in [1.54, 1.807) is 24.3 Å². The standard InChI is InChI=1S/C19H20O5/c1-3-23-13-24-15-7-4-14(5-8-15)6-11-18(20)17-10-9-16(22-2)12-19(17)21/h4-12,21H,3,13H2,1-2H3/b11-6+. The Kier molecular flexibility index (Phi) is 6.40. The van der Waals surface area contributed by atoms with Gasteiger partial charge in [0.05, 0.1) is 12.7 Å². The van der Waals surface area contributed by atoms with Gasteiger partial charge in [0.25, 0.3) is 0 Å². The molecule has 5 heteroatoms. The zero-order valence-electron chi connectivity index (χ0n) is 13.7. The van der Waals surface area contributed by atoms with Crippen LogP contribution < -0.4 is 9.47 Å². The molecule has 5 nitrogen and oxygen atoms in total. The third kappa shape index (κ3) is 4.86. The third-order valence-electron chi connectivity index (χ3n) is 3.29. The van der Waals surface area contributed by atoms with E-state index in [1.807, 2.05) is 19.1 Å². The first-order valence-electron chi connectivity index (χ1n) is 7.54. The van der Waals surface area contributed by atoms with Gasteiger partial charge in [0.15, 0.2) is 12.6 Å². The first-order valence-corrected chi connectivity index (χ1v) is 7.54. The molecule has 0 aliphatic rings. The highest BCUT2D eigenvalue weighted by molar-refractivity contribution is 6.08. The van der Waals surface area contributed by atoms with E-state index in [9.17, 15) is 9.90 Å². The molecule has 0 aliphatic heterocycles. The number of carbonyl (C=O) groups excluding carboxylic acids is 1. The first-order chi connectivity index (χ1) is 11.6. The Morgan fingerprint density at radius 1 is 1.12 bits per heavy atom. The molecule has 2 aromatic carbocycles. The summed E-state index contributed by atoms with van der Waals surface area (Å²) in [5.41, 5.74) is 1.07. The summed E-state index contributed by atoms with van der Waals surface area (Å²) < 4.78 is 15.5. The van der Waals surface area contributed by atoms with Crippen molar-refractivity contribution in [2.24, 2.45) is 0 Å². The van der Waals surface area contributed by atoms with Crippen LogP contribution >= 0.6 is 0 Å². The van der Waals surface area contributed by atoms with E-state index in [-0.39, 0.29) is 23.9 Å². The Morgan fingerprint density at radius 2 is 1.83 bits per heavy atom. The van der Waals surface area contributed by atoms with Crippen molar-refractivity contribution in [3.63, 3.8) is 0 Å². The zero-order chi connectivity index (χ0) is 17.4. The highest BCUT2D eigenvalue weighted by Gasteiger charge is 2.09. The Hall–Kier alpha value is -2.79. The lowest BCUT2D eigenvalue weighted by molar-refractivity contribution is 0.0224. The number of allylic oxidation sites excluding steroid dienone is 1. The Morgan fingerprint density at radius 3 is 2.46 bits per heavy atom. The average Bonchev–Trinajstić information content (AvgIpc) is 2.61. The molecular weight excluding hydrogens is 308 g/mol. The number of ether oxygens (including phenoxy) is 3. The van der Waals surface area contributed by atoms with Crippen molar-refractivity contribution >= 4 is 11.9 Å².